The number of thioether (sulfide) groups is 1. The average Bonchev–Trinajstić information content (AvgIpc) is 2.54. The number of ether oxygens (including phenoxy) is 1. The van der Waals surface area contributed by atoms with Gasteiger partial charge in [-0.15, -0.1) is 0 Å². The molecule has 2 aromatic rings. The fourth-order valence-electron chi connectivity index (χ4n) is 2.29. The normalized spacial score (nSPS) is 12.1. The molecule has 7 heteroatoms. The number of rotatable bonds is 6. The molecule has 0 saturated carbocycles. The fourth-order valence-corrected chi connectivity index (χ4v) is 2.86. The number of alkyl halides is 2. The summed E-state index contributed by atoms with van der Waals surface area (Å²) in [5.41, 5.74) is 1.97. The molecule has 1 atom stereocenters. The van der Waals surface area contributed by atoms with E-state index in [1.165, 1.54) is 12.3 Å². The summed E-state index contributed by atoms with van der Waals surface area (Å²) in [7, 11) is 1.56. The highest BCUT2D eigenvalue weighted by atomic mass is 32.2. The number of methoxy groups -OCH3 is 1. The molecule has 0 aliphatic rings. The van der Waals surface area contributed by atoms with Crippen molar-refractivity contribution in [1.29, 1.82) is 0 Å². The molecule has 128 valence electrons. The van der Waals surface area contributed by atoms with E-state index in [4.69, 9.17) is 4.74 Å². The summed E-state index contributed by atoms with van der Waals surface area (Å²) >= 11 is 0.256. The molecule has 4 nitrogen and oxygen atoms in total. The third-order valence-electron chi connectivity index (χ3n) is 3.42. The fraction of sp³-hybridized carbons (Fsp3) is 0.294. The van der Waals surface area contributed by atoms with Crippen molar-refractivity contribution in [3.8, 4) is 5.75 Å². The van der Waals surface area contributed by atoms with E-state index in [1.807, 2.05) is 32.0 Å². The largest absolute Gasteiger partial charge is 0.496 e. The van der Waals surface area contributed by atoms with Gasteiger partial charge in [0.2, 0.25) is 0 Å². The minimum atomic E-state index is -2.64. The maximum absolute atomic E-state index is 12.6. The molecule has 1 aromatic heterocycles. The van der Waals surface area contributed by atoms with Gasteiger partial charge in [0.1, 0.15) is 10.8 Å². The summed E-state index contributed by atoms with van der Waals surface area (Å²) in [6.07, 6.45) is 1.38. The predicted octanol–water partition coefficient (Wildman–Crippen LogP) is 4.20. The average molecular weight is 352 g/mol. The van der Waals surface area contributed by atoms with Gasteiger partial charge in [0.25, 0.3) is 11.7 Å². The lowest BCUT2D eigenvalue weighted by atomic mass is 10.0. The van der Waals surface area contributed by atoms with E-state index in [2.05, 4.69) is 10.3 Å². The number of carbonyl (C=O) groups is 1. The van der Waals surface area contributed by atoms with E-state index in [-0.39, 0.29) is 28.4 Å². The second-order valence-electron chi connectivity index (χ2n) is 5.18. The Bertz CT molecular complexity index is 725. The minimum Gasteiger partial charge on any atom is -0.496 e. The van der Waals surface area contributed by atoms with Crippen LogP contribution in [0, 0.1) is 6.92 Å². The molecule has 0 aliphatic heterocycles. The number of aromatic nitrogens is 1. The molecule has 2 rings (SSSR count). The number of nitrogens with one attached hydrogen (secondary N) is 1. The standard InChI is InChI=1S/C17H18F2N2O2S/c1-10-6-7-14(23-3)13(9-10)11(2)21-15(22)12-5-4-8-20-16(12)24-17(18)19/h4-9,11,17H,1-3H3,(H,21,22). The summed E-state index contributed by atoms with van der Waals surface area (Å²) in [6.45, 7) is 3.75. The van der Waals surface area contributed by atoms with Crippen molar-refractivity contribution in [3.05, 3.63) is 53.2 Å². The summed E-state index contributed by atoms with van der Waals surface area (Å²) < 4.78 is 30.5. The molecule has 0 radical (unpaired) electrons. The zero-order valence-electron chi connectivity index (χ0n) is 13.5. The molecule has 1 amide bonds. The number of halogens is 2. The van der Waals surface area contributed by atoms with E-state index < -0.39 is 11.7 Å². The summed E-state index contributed by atoms with van der Waals surface area (Å²) in [6, 6.07) is 8.33. The topological polar surface area (TPSA) is 51.2 Å². The van der Waals surface area contributed by atoms with Gasteiger partial charge in [-0.05, 0) is 43.8 Å². The Morgan fingerprint density at radius 1 is 1.33 bits per heavy atom. The summed E-state index contributed by atoms with van der Waals surface area (Å²) in [5, 5.41) is 2.82. The second kappa shape index (κ2) is 8.10. The van der Waals surface area contributed by atoms with Crippen LogP contribution in [0.4, 0.5) is 8.78 Å². The predicted molar refractivity (Wildman–Crippen MR) is 89.7 cm³/mol. The number of benzene rings is 1. The first kappa shape index (κ1) is 18.2. The molecule has 0 spiro atoms. The maximum Gasteiger partial charge on any atom is 0.290 e. The minimum absolute atomic E-state index is 0.00778. The number of pyridine rings is 1. The van der Waals surface area contributed by atoms with Crippen LogP contribution in [0.15, 0.2) is 41.6 Å². The van der Waals surface area contributed by atoms with Gasteiger partial charge < -0.3 is 10.1 Å². The molecule has 1 heterocycles. The first-order chi connectivity index (χ1) is 11.4. The zero-order chi connectivity index (χ0) is 17.7. The van der Waals surface area contributed by atoms with Gasteiger partial charge in [0.05, 0.1) is 18.7 Å². The Kier molecular flexibility index (Phi) is 6.14. The van der Waals surface area contributed by atoms with Crippen molar-refractivity contribution in [2.24, 2.45) is 0 Å². The van der Waals surface area contributed by atoms with Crippen molar-refractivity contribution < 1.29 is 18.3 Å². The molecular weight excluding hydrogens is 334 g/mol. The van der Waals surface area contributed by atoms with E-state index in [0.29, 0.717) is 5.75 Å². The number of carbonyl (C=O) groups excluding carboxylic acids is 1. The lowest BCUT2D eigenvalue weighted by Gasteiger charge is -2.18. The van der Waals surface area contributed by atoms with Crippen molar-refractivity contribution in [2.75, 3.05) is 7.11 Å². The molecule has 0 saturated heterocycles. The third kappa shape index (κ3) is 4.44. The number of hydrogen-bond acceptors (Lipinski definition) is 4. The number of hydrogen-bond donors (Lipinski definition) is 1. The Hall–Kier alpha value is -2.15. The highest BCUT2D eigenvalue weighted by molar-refractivity contribution is 7.99. The van der Waals surface area contributed by atoms with E-state index in [9.17, 15) is 13.6 Å². The molecule has 1 aromatic carbocycles. The van der Waals surface area contributed by atoms with Crippen molar-refractivity contribution in [2.45, 2.75) is 30.7 Å². The van der Waals surface area contributed by atoms with Gasteiger partial charge in [-0.25, -0.2) is 4.98 Å². The molecule has 1 N–H and O–H groups in total. The Labute approximate surface area is 143 Å². The van der Waals surface area contributed by atoms with Crippen LogP contribution in [0.5, 0.6) is 5.75 Å². The summed E-state index contributed by atoms with van der Waals surface area (Å²) in [4.78, 5) is 16.3. The van der Waals surface area contributed by atoms with Crippen LogP contribution < -0.4 is 10.1 Å². The van der Waals surface area contributed by atoms with Crippen LogP contribution in [0.1, 0.15) is 34.5 Å². The lowest BCUT2D eigenvalue weighted by molar-refractivity contribution is 0.0935. The van der Waals surface area contributed by atoms with Crippen molar-refractivity contribution in [3.63, 3.8) is 0 Å². The van der Waals surface area contributed by atoms with Crippen molar-refractivity contribution >= 4 is 17.7 Å². The van der Waals surface area contributed by atoms with Gasteiger partial charge in [0, 0.05) is 11.8 Å². The Balaban J connectivity index is 2.22. The molecule has 24 heavy (non-hydrogen) atoms. The third-order valence-corrected chi connectivity index (χ3v) is 4.14. The highest BCUT2D eigenvalue weighted by Gasteiger charge is 2.20. The first-order valence-corrected chi connectivity index (χ1v) is 8.15. The van der Waals surface area contributed by atoms with E-state index >= 15 is 0 Å². The van der Waals surface area contributed by atoms with Crippen LogP contribution in [0.3, 0.4) is 0 Å². The van der Waals surface area contributed by atoms with Gasteiger partial charge in [-0.1, -0.05) is 17.7 Å². The zero-order valence-corrected chi connectivity index (χ0v) is 14.4. The highest BCUT2D eigenvalue weighted by Crippen LogP contribution is 2.28. The van der Waals surface area contributed by atoms with E-state index in [0.717, 1.165) is 11.1 Å². The lowest BCUT2D eigenvalue weighted by Crippen LogP contribution is -2.27. The molecular formula is C17H18F2N2O2S. The first-order valence-electron chi connectivity index (χ1n) is 7.27. The maximum atomic E-state index is 12.6. The molecule has 0 aliphatic carbocycles. The second-order valence-corrected chi connectivity index (χ2v) is 6.15. The summed E-state index contributed by atoms with van der Waals surface area (Å²) in [5.74, 6) is -2.44. The number of nitrogens with zero attached hydrogens (tertiary/aromatic N) is 1. The van der Waals surface area contributed by atoms with Gasteiger partial charge in [-0.3, -0.25) is 4.79 Å². The Morgan fingerprint density at radius 3 is 2.75 bits per heavy atom. The SMILES string of the molecule is COc1ccc(C)cc1C(C)NC(=O)c1cccnc1SC(F)F. The molecule has 0 fully saturated rings. The van der Waals surface area contributed by atoms with Crippen LogP contribution in [0.2, 0.25) is 0 Å². The quantitative estimate of drug-likeness (QED) is 0.792. The monoisotopic (exact) mass is 352 g/mol. The van der Waals surface area contributed by atoms with Crippen LogP contribution in [0.25, 0.3) is 0 Å². The number of aryl methyl sites for hydroxylation is 1. The van der Waals surface area contributed by atoms with Crippen LogP contribution in [-0.2, 0) is 0 Å². The van der Waals surface area contributed by atoms with Crippen molar-refractivity contribution in [1.82, 2.24) is 10.3 Å². The van der Waals surface area contributed by atoms with Crippen LogP contribution >= 0.6 is 11.8 Å². The van der Waals surface area contributed by atoms with Gasteiger partial charge in [-0.2, -0.15) is 8.78 Å². The van der Waals surface area contributed by atoms with Crippen LogP contribution in [-0.4, -0.2) is 23.8 Å². The molecule has 0 bridgehead atoms. The van der Waals surface area contributed by atoms with Gasteiger partial charge in [0.15, 0.2) is 0 Å². The molecule has 1 unspecified atom stereocenters. The smallest absolute Gasteiger partial charge is 0.290 e. The van der Waals surface area contributed by atoms with Gasteiger partial charge >= 0.3 is 0 Å². The Morgan fingerprint density at radius 2 is 2.08 bits per heavy atom. The van der Waals surface area contributed by atoms with E-state index in [1.54, 1.807) is 13.2 Å². The number of amides is 1.